The molecule has 4 aromatic rings. The number of pyridine rings is 1. The van der Waals surface area contributed by atoms with Crippen LogP contribution in [0.3, 0.4) is 0 Å². The van der Waals surface area contributed by atoms with Gasteiger partial charge in [0.1, 0.15) is 15.0 Å². The Bertz CT molecular complexity index is 1280. The molecule has 5 nitrogen and oxygen atoms in total. The average molecular weight is 540 g/mol. The van der Waals surface area contributed by atoms with E-state index < -0.39 is 16.1 Å². The molecule has 1 unspecified atom stereocenters. The Morgan fingerprint density at radius 3 is 2.41 bits per heavy atom. The molecule has 1 N–H and O–H groups in total. The van der Waals surface area contributed by atoms with Crippen LogP contribution in [0.2, 0.25) is 0 Å². The number of rotatable bonds is 7. The van der Waals surface area contributed by atoms with Gasteiger partial charge in [-0.1, -0.05) is 48.5 Å². The normalized spacial score (nSPS) is 14.0. The van der Waals surface area contributed by atoms with Gasteiger partial charge >= 0.3 is 0 Å². The minimum Gasteiger partial charge on any atom is -0.598 e. The van der Waals surface area contributed by atoms with E-state index in [9.17, 15) is 4.55 Å². The predicted molar refractivity (Wildman–Crippen MR) is 145 cm³/mol. The molecule has 2 atom stereocenters. The molecule has 0 spiro atoms. The van der Waals surface area contributed by atoms with Crippen LogP contribution in [-0.4, -0.2) is 24.1 Å². The molecule has 7 heteroatoms. The van der Waals surface area contributed by atoms with Crippen molar-refractivity contribution in [2.24, 2.45) is 0 Å². The van der Waals surface area contributed by atoms with Crippen molar-refractivity contribution >= 4 is 38.2 Å². The summed E-state index contributed by atoms with van der Waals surface area (Å²) in [6.07, 6.45) is 0.598. The molecule has 0 amide bonds. The van der Waals surface area contributed by atoms with Crippen molar-refractivity contribution in [3.8, 4) is 11.3 Å². The number of benzene rings is 2. The minimum absolute atomic E-state index is 0.207. The second kappa shape index (κ2) is 10.2. The van der Waals surface area contributed by atoms with Crippen LogP contribution in [0, 0.1) is 0 Å². The Balaban J connectivity index is 1.85. The monoisotopic (exact) mass is 538 g/mol. The first kappa shape index (κ1) is 24.9. The van der Waals surface area contributed by atoms with E-state index in [1.807, 2.05) is 57.2 Å². The molecular formula is C27H31BrN4OS. The number of aromatic nitrogens is 3. The summed E-state index contributed by atoms with van der Waals surface area (Å²) >= 11 is 2.23. The molecule has 4 rings (SSSR count). The van der Waals surface area contributed by atoms with E-state index in [0.717, 1.165) is 38.0 Å². The van der Waals surface area contributed by atoms with Crippen LogP contribution in [0.4, 0.5) is 0 Å². The van der Waals surface area contributed by atoms with E-state index in [-0.39, 0.29) is 12.1 Å². The smallest absolute Gasteiger partial charge is 0.136 e. The van der Waals surface area contributed by atoms with Gasteiger partial charge in [-0.15, -0.1) is 4.72 Å². The summed E-state index contributed by atoms with van der Waals surface area (Å²) in [6, 6.07) is 22.6. The fourth-order valence-electron chi connectivity index (χ4n) is 3.99. The summed E-state index contributed by atoms with van der Waals surface area (Å²) in [5.41, 5.74) is 5.07. The molecular weight excluding hydrogens is 508 g/mol. The first-order valence-corrected chi connectivity index (χ1v) is 13.5. The molecule has 2 aromatic carbocycles. The van der Waals surface area contributed by atoms with E-state index in [1.165, 1.54) is 0 Å². The number of hydrogen-bond acceptors (Lipinski definition) is 4. The van der Waals surface area contributed by atoms with Gasteiger partial charge < -0.3 is 4.55 Å². The molecule has 0 saturated heterocycles. The van der Waals surface area contributed by atoms with Gasteiger partial charge in [0.15, 0.2) is 0 Å². The third kappa shape index (κ3) is 5.38. The van der Waals surface area contributed by atoms with E-state index in [1.54, 1.807) is 0 Å². The molecule has 2 heterocycles. The van der Waals surface area contributed by atoms with Crippen LogP contribution >= 0.6 is 15.9 Å². The van der Waals surface area contributed by atoms with Crippen LogP contribution < -0.4 is 4.72 Å². The van der Waals surface area contributed by atoms with Crippen LogP contribution in [0.5, 0.6) is 0 Å². The van der Waals surface area contributed by atoms with Crippen molar-refractivity contribution in [3.05, 3.63) is 82.6 Å². The average Bonchev–Trinajstić information content (AvgIpc) is 3.18. The van der Waals surface area contributed by atoms with E-state index in [0.29, 0.717) is 6.42 Å². The Morgan fingerprint density at radius 2 is 1.71 bits per heavy atom. The molecule has 0 fully saturated rings. The highest BCUT2D eigenvalue weighted by atomic mass is 79.9. The van der Waals surface area contributed by atoms with Crippen LogP contribution in [0.15, 0.2) is 71.3 Å². The topological polar surface area (TPSA) is 65.8 Å². The van der Waals surface area contributed by atoms with Crippen molar-refractivity contribution in [2.75, 3.05) is 0 Å². The van der Waals surface area contributed by atoms with E-state index >= 15 is 0 Å². The van der Waals surface area contributed by atoms with Crippen LogP contribution in [-0.2, 0) is 17.8 Å². The summed E-state index contributed by atoms with van der Waals surface area (Å²) in [5.74, 6) is 0. The Labute approximate surface area is 213 Å². The van der Waals surface area contributed by atoms with Crippen LogP contribution in [0.1, 0.15) is 58.0 Å². The fraction of sp³-hybridized carbons (Fsp3) is 0.333. The molecule has 178 valence electrons. The maximum Gasteiger partial charge on any atom is 0.136 e. The first-order valence-electron chi connectivity index (χ1n) is 11.5. The third-order valence-corrected chi connectivity index (χ3v) is 7.74. The molecule has 0 aliphatic carbocycles. The fourth-order valence-corrected chi connectivity index (χ4v) is 5.20. The zero-order chi connectivity index (χ0) is 24.5. The van der Waals surface area contributed by atoms with E-state index in [2.05, 4.69) is 74.5 Å². The van der Waals surface area contributed by atoms with Gasteiger partial charge in [-0.2, -0.15) is 5.10 Å². The number of nitrogens with one attached hydrogen (secondary N) is 1. The van der Waals surface area contributed by atoms with Crippen molar-refractivity contribution in [3.63, 3.8) is 0 Å². The predicted octanol–water partition coefficient (Wildman–Crippen LogP) is 6.78. The lowest BCUT2D eigenvalue weighted by Crippen LogP contribution is -2.42. The minimum atomic E-state index is -1.26. The van der Waals surface area contributed by atoms with Crippen molar-refractivity contribution in [1.82, 2.24) is 19.5 Å². The van der Waals surface area contributed by atoms with E-state index in [4.69, 9.17) is 5.10 Å². The Hall–Kier alpha value is -2.19. The summed E-state index contributed by atoms with van der Waals surface area (Å²) < 4.78 is 19.1. The summed E-state index contributed by atoms with van der Waals surface area (Å²) in [6.45, 7) is 10.2. The highest BCUT2D eigenvalue weighted by Crippen LogP contribution is 2.35. The zero-order valence-electron chi connectivity index (χ0n) is 20.2. The second-order valence-electron chi connectivity index (χ2n) is 9.70. The molecule has 0 saturated carbocycles. The first-order chi connectivity index (χ1) is 16.1. The largest absolute Gasteiger partial charge is 0.598 e. The molecule has 0 aliphatic heterocycles. The number of halogens is 1. The highest BCUT2D eigenvalue weighted by molar-refractivity contribution is 9.10. The second-order valence-corrected chi connectivity index (χ2v) is 12.5. The molecule has 0 radical (unpaired) electrons. The third-order valence-electron chi connectivity index (χ3n) is 5.69. The summed E-state index contributed by atoms with van der Waals surface area (Å²) in [7, 11) is 0. The summed E-state index contributed by atoms with van der Waals surface area (Å²) in [5, 5.41) is 6.15. The SMILES string of the molecule is CC(C)n1nc(-c2ccccc2C(Cc2cccc(Br)n2)N[S@@+]([O-])C(C)(C)C)c2ccccc21. The van der Waals surface area contributed by atoms with Gasteiger partial charge in [-0.05, 0) is 74.3 Å². The highest BCUT2D eigenvalue weighted by Gasteiger charge is 2.31. The summed E-state index contributed by atoms with van der Waals surface area (Å²) in [4.78, 5) is 4.65. The number of para-hydroxylation sites is 1. The standard InChI is InChI=1S/C27H31BrN4OS/c1-18(2)32-24-15-9-8-14-22(24)26(30-32)21-13-7-6-12-20(21)23(31-34(33)27(3,4)5)17-19-11-10-16-25(28)29-19/h6-16,18,23,31H,17H2,1-5H3/t23?,34-/m0/s1. The molecule has 0 bridgehead atoms. The lowest BCUT2D eigenvalue weighted by Gasteiger charge is -2.29. The molecule has 2 aromatic heterocycles. The van der Waals surface area contributed by atoms with Crippen molar-refractivity contribution in [1.29, 1.82) is 0 Å². The zero-order valence-corrected chi connectivity index (χ0v) is 22.7. The van der Waals surface area contributed by atoms with Gasteiger partial charge in [0, 0.05) is 40.5 Å². The van der Waals surface area contributed by atoms with Gasteiger partial charge in [-0.3, -0.25) is 4.68 Å². The van der Waals surface area contributed by atoms with Crippen molar-refractivity contribution in [2.45, 2.75) is 57.9 Å². The van der Waals surface area contributed by atoms with Gasteiger partial charge in [0.2, 0.25) is 0 Å². The van der Waals surface area contributed by atoms with Crippen molar-refractivity contribution < 1.29 is 4.55 Å². The lowest BCUT2D eigenvalue weighted by atomic mass is 9.94. The number of hydrogen-bond donors (Lipinski definition) is 1. The Kier molecular flexibility index (Phi) is 7.48. The number of nitrogens with zero attached hydrogens (tertiary/aromatic N) is 3. The molecule has 0 aliphatic rings. The molecule has 34 heavy (non-hydrogen) atoms. The lowest BCUT2D eigenvalue weighted by molar-refractivity contribution is 0.520. The maximum atomic E-state index is 13.2. The van der Waals surface area contributed by atoms with Crippen LogP contribution in [0.25, 0.3) is 22.2 Å². The maximum absolute atomic E-state index is 13.2. The quantitative estimate of drug-likeness (QED) is 0.208. The Morgan fingerprint density at radius 1 is 1.00 bits per heavy atom. The van der Waals surface area contributed by atoms with Gasteiger partial charge in [0.05, 0.1) is 11.6 Å². The van der Waals surface area contributed by atoms with Gasteiger partial charge in [-0.25, -0.2) is 4.98 Å². The number of fused-ring (bicyclic) bond motifs is 1. The van der Waals surface area contributed by atoms with Gasteiger partial charge in [0.25, 0.3) is 0 Å².